The van der Waals surface area contributed by atoms with Crippen molar-refractivity contribution in [2.45, 2.75) is 50.4 Å². The summed E-state index contributed by atoms with van der Waals surface area (Å²) in [6, 6.07) is 0. The molecule has 2 aliphatic rings. The van der Waals surface area contributed by atoms with Crippen molar-refractivity contribution in [2.24, 2.45) is 0 Å². The molecule has 2 heterocycles. The van der Waals surface area contributed by atoms with Crippen LogP contribution in [0.5, 0.6) is 0 Å². The lowest BCUT2D eigenvalue weighted by molar-refractivity contribution is 0.290. The van der Waals surface area contributed by atoms with Gasteiger partial charge in [-0.05, 0) is 32.2 Å². The first-order valence-electron chi connectivity index (χ1n) is 6.47. The van der Waals surface area contributed by atoms with Gasteiger partial charge in [0.25, 0.3) is 0 Å². The molecule has 1 aromatic heterocycles. The normalized spacial score (nSPS) is 27.4. The summed E-state index contributed by atoms with van der Waals surface area (Å²) in [6.45, 7) is 2.13. The van der Waals surface area contributed by atoms with Crippen LogP contribution >= 0.6 is 0 Å². The van der Waals surface area contributed by atoms with Crippen molar-refractivity contribution >= 4 is 0 Å². The van der Waals surface area contributed by atoms with E-state index < -0.39 is 0 Å². The van der Waals surface area contributed by atoms with E-state index in [9.17, 15) is 0 Å². The Morgan fingerprint density at radius 3 is 2.75 bits per heavy atom. The Kier molecular flexibility index (Phi) is 2.91. The van der Waals surface area contributed by atoms with Crippen molar-refractivity contribution in [1.29, 1.82) is 0 Å². The fraction of sp³-hybridized carbons (Fsp3) is 0.833. The van der Waals surface area contributed by atoms with E-state index in [-0.39, 0.29) is 0 Å². The van der Waals surface area contributed by atoms with E-state index >= 15 is 0 Å². The monoisotopic (exact) mass is 221 g/mol. The maximum absolute atomic E-state index is 5.37. The van der Waals surface area contributed by atoms with E-state index in [1.165, 1.54) is 38.5 Å². The van der Waals surface area contributed by atoms with Crippen LogP contribution in [0.15, 0.2) is 4.52 Å². The molecule has 1 saturated heterocycles. The molecule has 0 amide bonds. The zero-order chi connectivity index (χ0) is 10.8. The average molecular weight is 221 g/mol. The number of nitrogens with one attached hydrogen (secondary N) is 1. The Balaban J connectivity index is 1.70. The number of nitrogens with zero attached hydrogens (tertiary/aromatic N) is 2. The Bertz CT molecular complexity index is 338. The molecule has 16 heavy (non-hydrogen) atoms. The molecule has 1 aliphatic heterocycles. The molecule has 1 saturated carbocycles. The molecule has 88 valence electrons. The van der Waals surface area contributed by atoms with Gasteiger partial charge in [0.15, 0.2) is 5.82 Å². The lowest BCUT2D eigenvalue weighted by atomic mass is 9.85. The first kappa shape index (κ1) is 10.3. The van der Waals surface area contributed by atoms with E-state index in [1.54, 1.807) is 0 Å². The molecule has 0 radical (unpaired) electrons. The highest BCUT2D eigenvalue weighted by atomic mass is 16.5. The molecule has 1 aromatic rings. The van der Waals surface area contributed by atoms with Crippen LogP contribution in [0.25, 0.3) is 0 Å². The standard InChI is InChI=1S/C12H19N3O/c1-2-7-13-8-10(4-1)11-14-12(16-15-11)9-5-3-6-9/h9-10,13H,1-8H2. The summed E-state index contributed by atoms with van der Waals surface area (Å²) < 4.78 is 5.37. The van der Waals surface area contributed by atoms with Crippen LogP contribution in [0.1, 0.15) is 62.1 Å². The summed E-state index contributed by atoms with van der Waals surface area (Å²) in [5.41, 5.74) is 0. The molecule has 0 spiro atoms. The van der Waals surface area contributed by atoms with Crippen molar-refractivity contribution in [1.82, 2.24) is 15.5 Å². The summed E-state index contributed by atoms with van der Waals surface area (Å²) >= 11 is 0. The van der Waals surface area contributed by atoms with E-state index in [0.29, 0.717) is 11.8 Å². The van der Waals surface area contributed by atoms with Gasteiger partial charge in [-0.15, -0.1) is 0 Å². The predicted molar refractivity (Wildman–Crippen MR) is 60.4 cm³/mol. The highest BCUT2D eigenvalue weighted by molar-refractivity contribution is 5.02. The molecule has 2 fully saturated rings. The van der Waals surface area contributed by atoms with Gasteiger partial charge in [0.05, 0.1) is 0 Å². The maximum Gasteiger partial charge on any atom is 0.229 e. The van der Waals surface area contributed by atoms with Crippen molar-refractivity contribution in [2.75, 3.05) is 13.1 Å². The molecule has 3 rings (SSSR count). The van der Waals surface area contributed by atoms with Gasteiger partial charge in [0.2, 0.25) is 5.89 Å². The summed E-state index contributed by atoms with van der Waals surface area (Å²) in [6.07, 6.45) is 7.49. The topological polar surface area (TPSA) is 51.0 Å². The van der Waals surface area contributed by atoms with Gasteiger partial charge in [0, 0.05) is 18.4 Å². The Hall–Kier alpha value is -0.900. The van der Waals surface area contributed by atoms with Gasteiger partial charge in [-0.25, -0.2) is 0 Å². The minimum absolute atomic E-state index is 0.458. The van der Waals surface area contributed by atoms with Gasteiger partial charge < -0.3 is 9.84 Å². The summed E-state index contributed by atoms with van der Waals surface area (Å²) in [4.78, 5) is 4.58. The number of hydrogen-bond acceptors (Lipinski definition) is 4. The lowest BCUT2D eigenvalue weighted by Gasteiger charge is -2.20. The summed E-state index contributed by atoms with van der Waals surface area (Å²) in [7, 11) is 0. The van der Waals surface area contributed by atoms with Crippen molar-refractivity contribution in [3.05, 3.63) is 11.7 Å². The van der Waals surface area contributed by atoms with Crippen molar-refractivity contribution in [3.8, 4) is 0 Å². The van der Waals surface area contributed by atoms with E-state index in [1.807, 2.05) is 0 Å². The Morgan fingerprint density at radius 1 is 1.06 bits per heavy atom. The smallest absolute Gasteiger partial charge is 0.229 e. The summed E-state index contributed by atoms with van der Waals surface area (Å²) in [5.74, 6) is 2.82. The van der Waals surface area contributed by atoms with Crippen molar-refractivity contribution < 1.29 is 4.52 Å². The molecule has 0 aromatic carbocycles. The highest BCUT2D eigenvalue weighted by Gasteiger charge is 2.27. The number of rotatable bonds is 2. The number of aromatic nitrogens is 2. The molecular weight excluding hydrogens is 202 g/mol. The molecule has 1 N–H and O–H groups in total. The highest BCUT2D eigenvalue weighted by Crippen LogP contribution is 2.35. The fourth-order valence-corrected chi connectivity index (χ4v) is 2.47. The second-order valence-electron chi connectivity index (χ2n) is 5.02. The van der Waals surface area contributed by atoms with Gasteiger partial charge in [-0.2, -0.15) is 4.98 Å². The van der Waals surface area contributed by atoms with Crippen LogP contribution in [-0.4, -0.2) is 23.2 Å². The molecule has 0 bridgehead atoms. The van der Waals surface area contributed by atoms with E-state index in [4.69, 9.17) is 4.52 Å². The Morgan fingerprint density at radius 2 is 1.94 bits per heavy atom. The predicted octanol–water partition coefficient (Wildman–Crippen LogP) is 2.19. The molecule has 4 heteroatoms. The van der Waals surface area contributed by atoms with E-state index in [2.05, 4.69) is 15.5 Å². The summed E-state index contributed by atoms with van der Waals surface area (Å²) in [5, 5.41) is 7.60. The SMILES string of the molecule is C1CCC(c2noc(C3CCC3)n2)CNC1. The van der Waals surface area contributed by atoms with Crippen LogP contribution in [0, 0.1) is 0 Å². The minimum atomic E-state index is 0.458. The third-order valence-corrected chi connectivity index (χ3v) is 3.82. The lowest BCUT2D eigenvalue weighted by Crippen LogP contribution is -2.20. The fourth-order valence-electron chi connectivity index (χ4n) is 2.47. The second-order valence-corrected chi connectivity index (χ2v) is 5.02. The van der Waals surface area contributed by atoms with Crippen LogP contribution in [-0.2, 0) is 0 Å². The minimum Gasteiger partial charge on any atom is -0.339 e. The zero-order valence-corrected chi connectivity index (χ0v) is 9.61. The van der Waals surface area contributed by atoms with Gasteiger partial charge >= 0.3 is 0 Å². The maximum atomic E-state index is 5.37. The van der Waals surface area contributed by atoms with Gasteiger partial charge in [0.1, 0.15) is 0 Å². The largest absolute Gasteiger partial charge is 0.339 e. The second kappa shape index (κ2) is 4.53. The molecule has 1 aliphatic carbocycles. The van der Waals surface area contributed by atoms with Crippen LogP contribution in [0.4, 0.5) is 0 Å². The zero-order valence-electron chi connectivity index (χ0n) is 9.61. The van der Waals surface area contributed by atoms with Crippen LogP contribution in [0.2, 0.25) is 0 Å². The van der Waals surface area contributed by atoms with E-state index in [0.717, 1.165) is 24.8 Å². The molecule has 1 atom stereocenters. The molecule has 1 unspecified atom stereocenters. The Labute approximate surface area is 95.8 Å². The first-order chi connectivity index (χ1) is 7.93. The van der Waals surface area contributed by atoms with Crippen molar-refractivity contribution in [3.63, 3.8) is 0 Å². The molecule has 4 nitrogen and oxygen atoms in total. The molecular formula is C12H19N3O. The quantitative estimate of drug-likeness (QED) is 0.831. The van der Waals surface area contributed by atoms with Crippen LogP contribution in [0.3, 0.4) is 0 Å². The van der Waals surface area contributed by atoms with Gasteiger partial charge in [-0.3, -0.25) is 0 Å². The first-order valence-corrected chi connectivity index (χ1v) is 6.47. The third-order valence-electron chi connectivity index (χ3n) is 3.82. The van der Waals surface area contributed by atoms with Crippen LogP contribution < -0.4 is 5.32 Å². The third kappa shape index (κ3) is 1.98. The number of hydrogen-bond donors (Lipinski definition) is 1. The van der Waals surface area contributed by atoms with Gasteiger partial charge in [-0.1, -0.05) is 18.0 Å². The average Bonchev–Trinajstić information content (AvgIpc) is 2.52.